The molecule has 37 heavy (non-hydrogen) atoms. The van der Waals surface area contributed by atoms with E-state index in [0.717, 1.165) is 5.56 Å². The molecule has 11 heteroatoms. The van der Waals surface area contributed by atoms with Crippen molar-refractivity contribution in [1.29, 1.82) is 5.41 Å². The van der Waals surface area contributed by atoms with Gasteiger partial charge in [0.05, 0.1) is 17.6 Å². The number of rotatable bonds is 12. The quantitative estimate of drug-likeness (QED) is 0.185. The van der Waals surface area contributed by atoms with E-state index in [1.807, 2.05) is 0 Å². The second kappa shape index (κ2) is 12.2. The summed E-state index contributed by atoms with van der Waals surface area (Å²) in [5.41, 5.74) is 7.76. The number of amidine groups is 1. The summed E-state index contributed by atoms with van der Waals surface area (Å²) in [6.45, 7) is -0.258. The minimum atomic E-state index is -3.93. The summed E-state index contributed by atoms with van der Waals surface area (Å²) in [4.78, 5) is 22.5. The fourth-order valence-electron chi connectivity index (χ4n) is 3.46. The normalized spacial score (nSPS) is 11.2. The lowest BCUT2D eigenvalue weighted by atomic mass is 10.1. The molecule has 0 radical (unpaired) electrons. The van der Waals surface area contributed by atoms with Crippen molar-refractivity contribution in [2.24, 2.45) is 5.73 Å². The molecule has 3 rings (SSSR count). The van der Waals surface area contributed by atoms with Gasteiger partial charge in [-0.15, -0.1) is 0 Å². The first-order valence-electron chi connectivity index (χ1n) is 11.2. The Labute approximate surface area is 214 Å². The van der Waals surface area contributed by atoms with Crippen LogP contribution in [0.1, 0.15) is 27.0 Å². The topological polar surface area (TPSA) is 160 Å². The lowest BCUT2D eigenvalue weighted by Gasteiger charge is -2.23. The Morgan fingerprint density at radius 1 is 0.919 bits per heavy atom. The fourth-order valence-corrected chi connectivity index (χ4v) is 4.89. The second-order valence-corrected chi connectivity index (χ2v) is 9.98. The van der Waals surface area contributed by atoms with Gasteiger partial charge in [0, 0.05) is 18.7 Å². The maximum atomic E-state index is 13.6. The monoisotopic (exact) mass is 525 g/mol. The predicted molar refractivity (Wildman–Crippen MR) is 136 cm³/mol. The van der Waals surface area contributed by atoms with Gasteiger partial charge in [0.15, 0.2) is 6.61 Å². The molecule has 0 aliphatic carbocycles. The van der Waals surface area contributed by atoms with Crippen molar-refractivity contribution in [2.45, 2.75) is 17.9 Å². The molecule has 0 fully saturated rings. The number of nitrogens with two attached hydrogens (primary N) is 1. The number of carbonyl (C=O) groups excluding carboxylic acids is 1. The summed E-state index contributed by atoms with van der Waals surface area (Å²) in [5.74, 6) is -1.34. The third kappa shape index (κ3) is 7.38. The van der Waals surface area contributed by atoms with Crippen LogP contribution >= 0.6 is 0 Å². The summed E-state index contributed by atoms with van der Waals surface area (Å²) in [6, 6.07) is 19.0. The van der Waals surface area contributed by atoms with E-state index in [2.05, 4.69) is 0 Å². The van der Waals surface area contributed by atoms with Crippen LogP contribution in [-0.4, -0.2) is 55.9 Å². The molecule has 3 aromatic rings. The molecular weight excluding hydrogens is 498 g/mol. The zero-order valence-electron chi connectivity index (χ0n) is 20.1. The van der Waals surface area contributed by atoms with E-state index in [1.165, 1.54) is 35.7 Å². The van der Waals surface area contributed by atoms with Gasteiger partial charge in [-0.05, 0) is 66.1 Å². The molecule has 0 spiro atoms. The fraction of sp³-hybridized carbons (Fsp3) is 0.192. The Bertz CT molecular complexity index is 1350. The van der Waals surface area contributed by atoms with Gasteiger partial charge in [-0.3, -0.25) is 5.41 Å². The number of esters is 1. The highest BCUT2D eigenvalue weighted by Gasteiger charge is 2.25. The van der Waals surface area contributed by atoms with Crippen molar-refractivity contribution in [3.05, 3.63) is 95.1 Å². The number of sulfonamides is 1. The molecule has 0 heterocycles. The summed E-state index contributed by atoms with van der Waals surface area (Å²) in [7, 11) is -2.64. The van der Waals surface area contributed by atoms with E-state index in [-0.39, 0.29) is 23.8 Å². The Morgan fingerprint density at radius 2 is 1.49 bits per heavy atom. The van der Waals surface area contributed by atoms with Crippen molar-refractivity contribution in [1.82, 2.24) is 4.31 Å². The van der Waals surface area contributed by atoms with Crippen molar-refractivity contribution in [2.75, 3.05) is 20.3 Å². The van der Waals surface area contributed by atoms with Crippen molar-refractivity contribution in [3.63, 3.8) is 0 Å². The van der Waals surface area contributed by atoms with Crippen LogP contribution in [-0.2, 0) is 32.5 Å². The van der Waals surface area contributed by atoms with Crippen LogP contribution in [0, 0.1) is 5.41 Å². The zero-order valence-corrected chi connectivity index (χ0v) is 20.9. The first-order chi connectivity index (χ1) is 17.6. The van der Waals surface area contributed by atoms with E-state index in [1.54, 1.807) is 48.5 Å². The molecule has 10 nitrogen and oxygen atoms in total. The van der Waals surface area contributed by atoms with Gasteiger partial charge in [-0.25, -0.2) is 18.0 Å². The van der Waals surface area contributed by atoms with Gasteiger partial charge >= 0.3 is 11.9 Å². The number of hydrogen-bond donors (Lipinski definition) is 3. The Hall–Kier alpha value is -4.22. The number of carboxylic acids is 1. The first kappa shape index (κ1) is 27.4. The van der Waals surface area contributed by atoms with Crippen LogP contribution in [0.5, 0.6) is 5.75 Å². The Morgan fingerprint density at radius 3 is 2.03 bits per heavy atom. The molecule has 0 amide bonds. The van der Waals surface area contributed by atoms with E-state index >= 15 is 0 Å². The van der Waals surface area contributed by atoms with E-state index in [9.17, 15) is 18.0 Å². The zero-order chi connectivity index (χ0) is 27.0. The van der Waals surface area contributed by atoms with Crippen LogP contribution in [0.15, 0.2) is 77.7 Å². The molecule has 4 N–H and O–H groups in total. The van der Waals surface area contributed by atoms with E-state index < -0.39 is 28.6 Å². The number of aliphatic carboxylic acids is 1. The highest BCUT2D eigenvalue weighted by atomic mass is 32.2. The molecular formula is C26H27N3O7S. The summed E-state index contributed by atoms with van der Waals surface area (Å²) < 4.78 is 38.3. The molecule has 0 bridgehead atoms. The van der Waals surface area contributed by atoms with Gasteiger partial charge in [-0.1, -0.05) is 24.3 Å². The Kier molecular flexibility index (Phi) is 8.99. The molecule has 194 valence electrons. The number of methoxy groups -OCH3 is 1. The minimum absolute atomic E-state index is 0.0536. The smallest absolute Gasteiger partial charge is 0.341 e. The summed E-state index contributed by atoms with van der Waals surface area (Å²) >= 11 is 0. The lowest BCUT2D eigenvalue weighted by molar-refractivity contribution is -0.139. The van der Waals surface area contributed by atoms with E-state index in [0.29, 0.717) is 28.9 Å². The van der Waals surface area contributed by atoms with Crippen molar-refractivity contribution in [3.8, 4) is 5.75 Å². The van der Waals surface area contributed by atoms with Crippen molar-refractivity contribution < 1.29 is 32.6 Å². The highest BCUT2D eigenvalue weighted by Crippen LogP contribution is 2.21. The van der Waals surface area contributed by atoms with Gasteiger partial charge in [0.25, 0.3) is 0 Å². The number of carboxylic acid groups (broad SMARTS) is 1. The number of hydrogen-bond acceptors (Lipinski definition) is 7. The molecule has 0 aromatic heterocycles. The average molecular weight is 526 g/mol. The van der Waals surface area contributed by atoms with E-state index in [4.69, 9.17) is 25.7 Å². The largest absolute Gasteiger partial charge is 0.482 e. The highest BCUT2D eigenvalue weighted by molar-refractivity contribution is 7.89. The third-order valence-electron chi connectivity index (χ3n) is 5.47. The van der Waals surface area contributed by atoms with Gasteiger partial charge < -0.3 is 20.3 Å². The lowest BCUT2D eigenvalue weighted by Crippen LogP contribution is -2.32. The maximum absolute atomic E-state index is 13.6. The molecule has 0 aliphatic heterocycles. The molecule has 0 atom stereocenters. The third-order valence-corrected chi connectivity index (χ3v) is 7.33. The number of nitrogens with zero attached hydrogens (tertiary/aromatic N) is 1. The van der Waals surface area contributed by atoms with Crippen LogP contribution in [0.3, 0.4) is 0 Å². The first-order valence-corrected chi connectivity index (χ1v) is 12.6. The van der Waals surface area contributed by atoms with Crippen LogP contribution in [0.4, 0.5) is 0 Å². The molecule has 0 saturated heterocycles. The van der Waals surface area contributed by atoms with Crippen LogP contribution < -0.4 is 10.5 Å². The number of ether oxygens (including phenoxy) is 2. The number of nitrogens with one attached hydrogen (secondary N) is 1. The van der Waals surface area contributed by atoms with Gasteiger partial charge in [0.2, 0.25) is 10.0 Å². The summed E-state index contributed by atoms with van der Waals surface area (Å²) in [5, 5.41) is 16.3. The SMILES string of the molecule is COC(=O)c1ccc(CN(CCc2ccc(OCC(=O)O)cc2)S(=O)(=O)c2ccc(C(=N)N)cc2)cc1. The maximum Gasteiger partial charge on any atom is 0.341 e. The van der Waals surface area contributed by atoms with Gasteiger partial charge in [0.1, 0.15) is 11.6 Å². The predicted octanol–water partition coefficient (Wildman–Crippen LogP) is 2.65. The number of nitrogen functional groups attached to an aromatic ring is 1. The molecule has 0 unspecified atom stereocenters. The van der Waals surface area contributed by atoms with Crippen LogP contribution in [0.2, 0.25) is 0 Å². The Balaban J connectivity index is 1.83. The summed E-state index contributed by atoms with van der Waals surface area (Å²) in [6.07, 6.45) is 0.379. The standard InChI is InChI=1S/C26H27N3O7S/c1-35-26(32)21-6-2-19(3-7-21)16-29(37(33,34)23-12-8-20(9-13-23)25(27)28)15-14-18-4-10-22(11-5-18)36-17-24(30)31/h2-13H,14-17H2,1H3,(H3,27,28)(H,30,31). The van der Waals surface area contributed by atoms with Crippen molar-refractivity contribution >= 4 is 27.8 Å². The molecule has 0 aliphatic rings. The second-order valence-electron chi connectivity index (χ2n) is 8.04. The average Bonchev–Trinajstić information content (AvgIpc) is 2.90. The van der Waals surface area contributed by atoms with Crippen LogP contribution in [0.25, 0.3) is 0 Å². The molecule has 0 saturated carbocycles. The number of carbonyl (C=O) groups is 2. The van der Waals surface area contributed by atoms with Gasteiger partial charge in [-0.2, -0.15) is 4.31 Å². The number of benzene rings is 3. The minimum Gasteiger partial charge on any atom is -0.482 e. The molecule has 3 aromatic carbocycles.